The van der Waals surface area contributed by atoms with Gasteiger partial charge in [-0.15, -0.1) is 0 Å². The summed E-state index contributed by atoms with van der Waals surface area (Å²) < 4.78 is 11.1. The van der Waals surface area contributed by atoms with Crippen molar-refractivity contribution in [3.8, 4) is 0 Å². The Balaban J connectivity index is 1.39. The van der Waals surface area contributed by atoms with Crippen LogP contribution in [-0.4, -0.2) is 43.3 Å². The highest BCUT2D eigenvalue weighted by molar-refractivity contribution is 6.30. The fraction of sp³-hybridized carbons (Fsp3) is 0.381. The smallest absolute Gasteiger partial charge is 0.306 e. The molecule has 26 heavy (non-hydrogen) atoms. The lowest BCUT2D eigenvalue weighted by atomic mass is 10.1. The average molecular weight is 374 g/mol. The number of nitrogens with zero attached hydrogens (tertiary/aromatic N) is 1. The van der Waals surface area contributed by atoms with E-state index in [2.05, 4.69) is 29.2 Å². The predicted molar refractivity (Wildman–Crippen MR) is 102 cm³/mol. The summed E-state index contributed by atoms with van der Waals surface area (Å²) in [4.78, 5) is 14.3. The van der Waals surface area contributed by atoms with Crippen molar-refractivity contribution >= 4 is 17.6 Å². The van der Waals surface area contributed by atoms with Crippen molar-refractivity contribution in [1.29, 1.82) is 0 Å². The molecule has 1 atom stereocenters. The van der Waals surface area contributed by atoms with Gasteiger partial charge in [-0.3, -0.25) is 9.69 Å². The molecule has 1 fully saturated rings. The molecule has 138 valence electrons. The van der Waals surface area contributed by atoms with Gasteiger partial charge in [0, 0.05) is 31.1 Å². The lowest BCUT2D eigenvalue weighted by Gasteiger charge is -2.32. The molecule has 1 unspecified atom stereocenters. The fourth-order valence-corrected chi connectivity index (χ4v) is 3.28. The molecule has 0 aromatic heterocycles. The Morgan fingerprint density at radius 2 is 1.96 bits per heavy atom. The van der Waals surface area contributed by atoms with Crippen LogP contribution < -0.4 is 0 Å². The van der Waals surface area contributed by atoms with Gasteiger partial charge >= 0.3 is 5.97 Å². The molecular weight excluding hydrogens is 350 g/mol. The lowest BCUT2D eigenvalue weighted by molar-refractivity contribution is -0.150. The average Bonchev–Trinajstić information content (AvgIpc) is 2.66. The van der Waals surface area contributed by atoms with Crippen LogP contribution in [-0.2, 0) is 27.2 Å². The molecule has 0 spiro atoms. The second-order valence-corrected chi connectivity index (χ2v) is 6.96. The van der Waals surface area contributed by atoms with E-state index < -0.39 is 0 Å². The molecule has 0 aliphatic carbocycles. The summed E-state index contributed by atoms with van der Waals surface area (Å²) in [5.41, 5.74) is 2.32. The van der Waals surface area contributed by atoms with Crippen LogP contribution in [0.4, 0.5) is 0 Å². The van der Waals surface area contributed by atoms with Crippen LogP contribution in [0.2, 0.25) is 5.02 Å². The minimum atomic E-state index is -0.200. The fourth-order valence-electron chi connectivity index (χ4n) is 3.06. The molecule has 2 aromatic rings. The SMILES string of the molecule is O=C(CCc1cccc(Cl)c1)OCC1CN(Cc2ccccc2)CCO1. The van der Waals surface area contributed by atoms with Gasteiger partial charge in [0.15, 0.2) is 0 Å². The van der Waals surface area contributed by atoms with Crippen LogP contribution in [0.5, 0.6) is 0 Å². The third-order valence-electron chi connectivity index (χ3n) is 4.41. The highest BCUT2D eigenvalue weighted by Gasteiger charge is 2.21. The van der Waals surface area contributed by atoms with Crippen molar-refractivity contribution in [3.05, 3.63) is 70.7 Å². The molecular formula is C21H24ClNO3. The molecule has 0 radical (unpaired) electrons. The van der Waals surface area contributed by atoms with Crippen molar-refractivity contribution < 1.29 is 14.3 Å². The number of hydrogen-bond donors (Lipinski definition) is 0. The molecule has 3 rings (SSSR count). The van der Waals surface area contributed by atoms with Crippen molar-refractivity contribution in [3.63, 3.8) is 0 Å². The summed E-state index contributed by atoms with van der Waals surface area (Å²) in [5, 5.41) is 0.685. The zero-order valence-electron chi connectivity index (χ0n) is 14.8. The highest BCUT2D eigenvalue weighted by Crippen LogP contribution is 2.13. The predicted octanol–water partition coefficient (Wildman–Crippen LogP) is 3.72. The Bertz CT molecular complexity index is 707. The molecule has 0 N–H and O–H groups in total. The van der Waals surface area contributed by atoms with Crippen LogP contribution in [0, 0.1) is 0 Å². The first-order chi connectivity index (χ1) is 12.7. The molecule has 1 aliphatic heterocycles. The van der Waals surface area contributed by atoms with Gasteiger partial charge in [-0.1, -0.05) is 54.1 Å². The summed E-state index contributed by atoms with van der Waals surface area (Å²) in [5.74, 6) is -0.200. The number of halogens is 1. The van der Waals surface area contributed by atoms with Crippen molar-refractivity contribution in [2.24, 2.45) is 0 Å². The summed E-state index contributed by atoms with van der Waals surface area (Å²) in [6.07, 6.45) is 0.911. The second-order valence-electron chi connectivity index (χ2n) is 6.53. The molecule has 1 aliphatic rings. The van der Waals surface area contributed by atoms with E-state index in [0.717, 1.165) is 25.2 Å². The number of morpholine rings is 1. The van der Waals surface area contributed by atoms with E-state index in [0.29, 0.717) is 31.1 Å². The van der Waals surface area contributed by atoms with Gasteiger partial charge in [0.05, 0.1) is 6.61 Å². The molecule has 2 aromatic carbocycles. The van der Waals surface area contributed by atoms with Crippen molar-refractivity contribution in [1.82, 2.24) is 4.90 Å². The molecule has 0 bridgehead atoms. The first kappa shape index (κ1) is 18.9. The van der Waals surface area contributed by atoms with E-state index in [1.807, 2.05) is 30.3 Å². The summed E-state index contributed by atoms with van der Waals surface area (Å²) in [6, 6.07) is 17.9. The van der Waals surface area contributed by atoms with E-state index in [1.165, 1.54) is 5.56 Å². The maximum Gasteiger partial charge on any atom is 0.306 e. The van der Waals surface area contributed by atoms with E-state index >= 15 is 0 Å². The van der Waals surface area contributed by atoms with Gasteiger partial charge < -0.3 is 9.47 Å². The monoisotopic (exact) mass is 373 g/mol. The minimum Gasteiger partial charge on any atom is -0.463 e. The Hall–Kier alpha value is -1.88. The molecule has 1 saturated heterocycles. The number of aryl methyl sites for hydroxylation is 1. The highest BCUT2D eigenvalue weighted by atomic mass is 35.5. The lowest BCUT2D eigenvalue weighted by Crippen LogP contribution is -2.44. The molecule has 0 saturated carbocycles. The van der Waals surface area contributed by atoms with E-state index in [-0.39, 0.29) is 12.1 Å². The van der Waals surface area contributed by atoms with Gasteiger partial charge in [-0.2, -0.15) is 0 Å². The third kappa shape index (κ3) is 6.13. The van der Waals surface area contributed by atoms with Gasteiger partial charge in [0.2, 0.25) is 0 Å². The van der Waals surface area contributed by atoms with Gasteiger partial charge in [0.1, 0.15) is 12.7 Å². The number of rotatable bonds is 7. The maximum absolute atomic E-state index is 12.0. The zero-order chi connectivity index (χ0) is 18.2. The second kappa shape index (κ2) is 9.72. The summed E-state index contributed by atoms with van der Waals surface area (Å²) in [6.45, 7) is 3.53. The van der Waals surface area contributed by atoms with E-state index in [4.69, 9.17) is 21.1 Å². The van der Waals surface area contributed by atoms with Crippen LogP contribution in [0.1, 0.15) is 17.5 Å². The molecule has 0 amide bonds. The number of carbonyl (C=O) groups is 1. The quantitative estimate of drug-likeness (QED) is 0.693. The summed E-state index contributed by atoms with van der Waals surface area (Å²) in [7, 11) is 0. The van der Waals surface area contributed by atoms with E-state index in [9.17, 15) is 4.79 Å². The first-order valence-corrected chi connectivity index (χ1v) is 9.35. The van der Waals surface area contributed by atoms with Gasteiger partial charge in [-0.25, -0.2) is 0 Å². The largest absolute Gasteiger partial charge is 0.463 e. The van der Waals surface area contributed by atoms with Crippen molar-refractivity contribution in [2.75, 3.05) is 26.3 Å². The number of ether oxygens (including phenoxy) is 2. The molecule has 4 nitrogen and oxygen atoms in total. The van der Waals surface area contributed by atoms with Crippen LogP contribution in [0.25, 0.3) is 0 Å². The van der Waals surface area contributed by atoms with E-state index in [1.54, 1.807) is 0 Å². The number of benzene rings is 2. The topological polar surface area (TPSA) is 38.8 Å². The van der Waals surface area contributed by atoms with Crippen LogP contribution in [0.3, 0.4) is 0 Å². The Morgan fingerprint density at radius 1 is 1.15 bits per heavy atom. The standard InChI is InChI=1S/C21H24ClNO3/c22-19-8-4-7-17(13-19)9-10-21(24)26-16-20-15-23(11-12-25-20)14-18-5-2-1-3-6-18/h1-8,13,20H,9-12,14-16H2. The number of carbonyl (C=O) groups excluding carboxylic acids is 1. The summed E-state index contributed by atoms with van der Waals surface area (Å²) >= 11 is 5.96. The van der Waals surface area contributed by atoms with Crippen LogP contribution >= 0.6 is 11.6 Å². The first-order valence-electron chi connectivity index (χ1n) is 8.97. The Kier molecular flexibility index (Phi) is 7.06. The number of esters is 1. The normalized spacial score (nSPS) is 17.8. The third-order valence-corrected chi connectivity index (χ3v) is 4.64. The number of hydrogen-bond acceptors (Lipinski definition) is 4. The van der Waals surface area contributed by atoms with Gasteiger partial charge in [-0.05, 0) is 29.7 Å². The Labute approximate surface area is 159 Å². The maximum atomic E-state index is 12.0. The van der Waals surface area contributed by atoms with Gasteiger partial charge in [0.25, 0.3) is 0 Å². The zero-order valence-corrected chi connectivity index (χ0v) is 15.5. The molecule has 1 heterocycles. The molecule has 5 heteroatoms. The minimum absolute atomic E-state index is 0.0671. The van der Waals surface area contributed by atoms with Crippen molar-refractivity contribution in [2.45, 2.75) is 25.5 Å². The Morgan fingerprint density at radius 3 is 2.77 bits per heavy atom. The van der Waals surface area contributed by atoms with Crippen LogP contribution in [0.15, 0.2) is 54.6 Å².